The standard InChI is InChI=1S/C13H12BrNO3S/c1-18-13-9-10(14)7-8-12(13)15-19(16,17)11-5-3-2-4-6-11/h2-9,15H,1H3. The van der Waals surface area contributed by atoms with E-state index in [4.69, 9.17) is 4.74 Å². The molecule has 0 fully saturated rings. The Labute approximate surface area is 120 Å². The molecule has 0 heterocycles. The summed E-state index contributed by atoms with van der Waals surface area (Å²) in [6.07, 6.45) is 0. The maximum atomic E-state index is 12.2. The number of methoxy groups -OCH3 is 1. The molecule has 0 atom stereocenters. The molecule has 0 aliphatic rings. The molecule has 100 valence electrons. The molecule has 2 aromatic carbocycles. The average molecular weight is 342 g/mol. The topological polar surface area (TPSA) is 55.4 Å². The highest BCUT2D eigenvalue weighted by Crippen LogP contribution is 2.29. The SMILES string of the molecule is COc1cc(Br)ccc1NS(=O)(=O)c1ccccc1. The van der Waals surface area contributed by atoms with Crippen LogP contribution in [0.3, 0.4) is 0 Å². The van der Waals surface area contributed by atoms with Crippen LogP contribution in [0.5, 0.6) is 5.75 Å². The minimum atomic E-state index is -3.60. The zero-order valence-electron chi connectivity index (χ0n) is 10.1. The van der Waals surface area contributed by atoms with E-state index in [1.807, 2.05) is 0 Å². The maximum Gasteiger partial charge on any atom is 0.262 e. The van der Waals surface area contributed by atoms with Crippen molar-refractivity contribution in [1.29, 1.82) is 0 Å². The molecule has 0 aromatic heterocycles. The van der Waals surface area contributed by atoms with E-state index in [0.717, 1.165) is 4.47 Å². The summed E-state index contributed by atoms with van der Waals surface area (Å²) in [5.74, 6) is 0.453. The second-order valence-corrected chi connectivity index (χ2v) is 6.36. The van der Waals surface area contributed by atoms with Gasteiger partial charge in [-0.25, -0.2) is 8.42 Å². The first kappa shape index (κ1) is 13.9. The van der Waals surface area contributed by atoms with Crippen molar-refractivity contribution in [3.63, 3.8) is 0 Å². The van der Waals surface area contributed by atoms with Gasteiger partial charge in [0.25, 0.3) is 10.0 Å². The second-order valence-electron chi connectivity index (χ2n) is 3.76. The summed E-state index contributed by atoms with van der Waals surface area (Å²) in [5, 5.41) is 0. The van der Waals surface area contributed by atoms with Gasteiger partial charge in [0.15, 0.2) is 0 Å². The van der Waals surface area contributed by atoms with Crippen molar-refractivity contribution in [2.75, 3.05) is 11.8 Å². The van der Waals surface area contributed by atoms with E-state index in [2.05, 4.69) is 20.7 Å². The third-order valence-electron chi connectivity index (χ3n) is 2.46. The van der Waals surface area contributed by atoms with E-state index in [1.54, 1.807) is 36.4 Å². The predicted molar refractivity (Wildman–Crippen MR) is 77.9 cm³/mol. The number of anilines is 1. The van der Waals surface area contributed by atoms with E-state index in [0.29, 0.717) is 11.4 Å². The fourth-order valence-corrected chi connectivity index (χ4v) is 2.98. The van der Waals surface area contributed by atoms with Crippen molar-refractivity contribution >= 4 is 31.6 Å². The molecule has 0 saturated heterocycles. The molecule has 6 heteroatoms. The largest absolute Gasteiger partial charge is 0.495 e. The number of hydrogen-bond donors (Lipinski definition) is 1. The molecule has 0 amide bonds. The summed E-state index contributed by atoms with van der Waals surface area (Å²) in [6, 6.07) is 13.3. The van der Waals surface area contributed by atoms with Gasteiger partial charge in [-0.3, -0.25) is 4.72 Å². The molecule has 2 aromatic rings. The van der Waals surface area contributed by atoms with Crippen LogP contribution in [0.15, 0.2) is 57.9 Å². The van der Waals surface area contributed by atoms with Crippen LogP contribution in [-0.2, 0) is 10.0 Å². The molecule has 0 saturated carbocycles. The lowest BCUT2D eigenvalue weighted by Gasteiger charge is -2.12. The molecule has 0 radical (unpaired) electrons. The van der Waals surface area contributed by atoms with Crippen LogP contribution in [0.4, 0.5) is 5.69 Å². The Balaban J connectivity index is 2.36. The number of halogens is 1. The lowest BCUT2D eigenvalue weighted by atomic mass is 10.3. The van der Waals surface area contributed by atoms with Gasteiger partial charge >= 0.3 is 0 Å². The zero-order valence-corrected chi connectivity index (χ0v) is 12.5. The van der Waals surface area contributed by atoms with Crippen LogP contribution in [-0.4, -0.2) is 15.5 Å². The van der Waals surface area contributed by atoms with Crippen LogP contribution >= 0.6 is 15.9 Å². The fraction of sp³-hybridized carbons (Fsp3) is 0.0769. The molecule has 0 unspecified atom stereocenters. The minimum Gasteiger partial charge on any atom is -0.495 e. The van der Waals surface area contributed by atoms with Crippen molar-refractivity contribution in [2.45, 2.75) is 4.90 Å². The normalized spacial score (nSPS) is 11.1. The summed E-state index contributed by atoms with van der Waals surface area (Å²) in [5.41, 5.74) is 0.398. The van der Waals surface area contributed by atoms with Gasteiger partial charge in [-0.05, 0) is 30.3 Å². The van der Waals surface area contributed by atoms with Crippen LogP contribution in [0.25, 0.3) is 0 Å². The van der Waals surface area contributed by atoms with E-state index >= 15 is 0 Å². The summed E-state index contributed by atoms with van der Waals surface area (Å²) in [4.78, 5) is 0.208. The summed E-state index contributed by atoms with van der Waals surface area (Å²) in [7, 11) is -2.12. The van der Waals surface area contributed by atoms with Gasteiger partial charge in [-0.1, -0.05) is 34.1 Å². The fourth-order valence-electron chi connectivity index (χ4n) is 1.55. The molecule has 1 N–H and O–H groups in total. The molecule has 0 aliphatic heterocycles. The van der Waals surface area contributed by atoms with Crippen LogP contribution in [0.1, 0.15) is 0 Å². The summed E-state index contributed by atoms with van der Waals surface area (Å²) in [6.45, 7) is 0. The third kappa shape index (κ3) is 3.27. The van der Waals surface area contributed by atoms with E-state index in [9.17, 15) is 8.42 Å². The van der Waals surface area contributed by atoms with Gasteiger partial charge in [-0.15, -0.1) is 0 Å². The Hall–Kier alpha value is -1.53. The molecule has 19 heavy (non-hydrogen) atoms. The lowest BCUT2D eigenvalue weighted by molar-refractivity contribution is 0.416. The number of sulfonamides is 1. The van der Waals surface area contributed by atoms with Gasteiger partial charge in [0, 0.05) is 4.47 Å². The molecule has 2 rings (SSSR count). The smallest absolute Gasteiger partial charge is 0.262 e. The third-order valence-corrected chi connectivity index (χ3v) is 4.34. The molecular weight excluding hydrogens is 330 g/mol. The first-order valence-corrected chi connectivity index (χ1v) is 7.72. The van der Waals surface area contributed by atoms with Crippen LogP contribution < -0.4 is 9.46 Å². The zero-order chi connectivity index (χ0) is 13.9. The molecule has 0 spiro atoms. The molecule has 4 nitrogen and oxygen atoms in total. The van der Waals surface area contributed by atoms with Crippen LogP contribution in [0.2, 0.25) is 0 Å². The van der Waals surface area contributed by atoms with Gasteiger partial charge < -0.3 is 4.74 Å². The Morgan fingerprint density at radius 3 is 2.42 bits per heavy atom. The van der Waals surface area contributed by atoms with E-state index in [1.165, 1.54) is 19.2 Å². The highest BCUT2D eigenvalue weighted by atomic mass is 79.9. The monoisotopic (exact) mass is 341 g/mol. The van der Waals surface area contributed by atoms with Crippen molar-refractivity contribution in [3.8, 4) is 5.75 Å². The van der Waals surface area contributed by atoms with Gasteiger partial charge in [0.1, 0.15) is 5.75 Å². The highest BCUT2D eigenvalue weighted by Gasteiger charge is 2.15. The predicted octanol–water partition coefficient (Wildman–Crippen LogP) is 3.26. The number of ether oxygens (including phenoxy) is 1. The molecule has 0 bridgehead atoms. The van der Waals surface area contributed by atoms with Crippen molar-refractivity contribution in [3.05, 3.63) is 53.0 Å². The Morgan fingerprint density at radius 1 is 1.11 bits per heavy atom. The van der Waals surface area contributed by atoms with Gasteiger partial charge in [0.2, 0.25) is 0 Å². The van der Waals surface area contributed by atoms with Crippen molar-refractivity contribution < 1.29 is 13.2 Å². The second kappa shape index (κ2) is 5.63. The Kier molecular flexibility index (Phi) is 4.11. The maximum absolute atomic E-state index is 12.2. The lowest BCUT2D eigenvalue weighted by Crippen LogP contribution is -2.13. The Bertz CT molecular complexity index is 672. The van der Waals surface area contributed by atoms with Crippen molar-refractivity contribution in [1.82, 2.24) is 0 Å². The number of hydrogen-bond acceptors (Lipinski definition) is 3. The van der Waals surface area contributed by atoms with E-state index in [-0.39, 0.29) is 4.90 Å². The van der Waals surface area contributed by atoms with Crippen molar-refractivity contribution in [2.24, 2.45) is 0 Å². The highest BCUT2D eigenvalue weighted by molar-refractivity contribution is 9.10. The number of benzene rings is 2. The quantitative estimate of drug-likeness (QED) is 0.928. The number of nitrogens with one attached hydrogen (secondary N) is 1. The molecular formula is C13H12BrNO3S. The van der Waals surface area contributed by atoms with E-state index < -0.39 is 10.0 Å². The van der Waals surface area contributed by atoms with Crippen LogP contribution in [0, 0.1) is 0 Å². The van der Waals surface area contributed by atoms with Gasteiger partial charge in [0.05, 0.1) is 17.7 Å². The molecule has 0 aliphatic carbocycles. The average Bonchev–Trinajstić information content (AvgIpc) is 2.41. The first-order valence-electron chi connectivity index (χ1n) is 5.44. The van der Waals surface area contributed by atoms with Gasteiger partial charge in [-0.2, -0.15) is 0 Å². The number of rotatable bonds is 4. The Morgan fingerprint density at radius 2 is 1.79 bits per heavy atom. The first-order chi connectivity index (χ1) is 9.03. The minimum absolute atomic E-state index is 0.208. The summed E-state index contributed by atoms with van der Waals surface area (Å²) >= 11 is 3.30. The summed E-state index contributed by atoms with van der Waals surface area (Å²) < 4.78 is 32.8.